The van der Waals surface area contributed by atoms with E-state index in [1.807, 2.05) is 36.1 Å². The minimum Gasteiger partial charge on any atom is -0.494 e. The van der Waals surface area contributed by atoms with Crippen LogP contribution in [0.4, 0.5) is 0 Å². The number of hydrogen-bond acceptors (Lipinski definition) is 4. The van der Waals surface area contributed by atoms with Gasteiger partial charge >= 0.3 is 5.97 Å². The molecule has 1 aliphatic heterocycles. The quantitative estimate of drug-likeness (QED) is 0.832. The molecule has 19 heavy (non-hydrogen) atoms. The molecule has 0 radical (unpaired) electrons. The van der Waals surface area contributed by atoms with E-state index in [1.165, 1.54) is 0 Å². The maximum absolute atomic E-state index is 11.2. The van der Waals surface area contributed by atoms with Crippen molar-refractivity contribution in [3.05, 3.63) is 29.8 Å². The second kappa shape index (κ2) is 6.04. The van der Waals surface area contributed by atoms with E-state index in [0.29, 0.717) is 26.1 Å². The average Bonchev–Trinajstić information content (AvgIpc) is 2.71. The zero-order valence-electron chi connectivity index (χ0n) is 11.1. The number of carboxylic acid groups (broad SMARTS) is 1. The first kappa shape index (κ1) is 13.8. The van der Waals surface area contributed by atoms with Crippen molar-refractivity contribution in [2.75, 3.05) is 13.2 Å². The largest absolute Gasteiger partial charge is 0.494 e. The Kier molecular flexibility index (Phi) is 4.39. The summed E-state index contributed by atoms with van der Waals surface area (Å²) in [5.74, 6) is 0.0179. The van der Waals surface area contributed by atoms with Gasteiger partial charge in [-0.25, -0.2) is 0 Å². The third kappa shape index (κ3) is 3.45. The first-order chi connectivity index (χ1) is 9.10. The van der Waals surface area contributed by atoms with Crippen molar-refractivity contribution < 1.29 is 14.6 Å². The number of carbonyl (C=O) groups is 1. The van der Waals surface area contributed by atoms with Crippen LogP contribution in [-0.2, 0) is 11.3 Å². The third-order valence-electron chi connectivity index (χ3n) is 3.32. The smallest absolute Gasteiger partial charge is 0.320 e. The molecular weight excluding hydrogens is 244 g/mol. The van der Waals surface area contributed by atoms with Crippen molar-refractivity contribution in [2.24, 2.45) is 5.73 Å². The van der Waals surface area contributed by atoms with Crippen LogP contribution in [0.25, 0.3) is 0 Å². The SMILES string of the molecule is CCOc1cccc(CN2CC(N)CC2C(=O)O)c1. The summed E-state index contributed by atoms with van der Waals surface area (Å²) < 4.78 is 5.45. The van der Waals surface area contributed by atoms with E-state index in [1.54, 1.807) is 0 Å². The summed E-state index contributed by atoms with van der Waals surface area (Å²) in [7, 11) is 0. The molecule has 1 heterocycles. The van der Waals surface area contributed by atoms with Gasteiger partial charge in [-0.1, -0.05) is 12.1 Å². The van der Waals surface area contributed by atoms with Crippen LogP contribution in [0.1, 0.15) is 18.9 Å². The summed E-state index contributed by atoms with van der Waals surface area (Å²) >= 11 is 0. The molecule has 0 saturated carbocycles. The van der Waals surface area contributed by atoms with Gasteiger partial charge in [0.2, 0.25) is 0 Å². The highest BCUT2D eigenvalue weighted by Gasteiger charge is 2.34. The lowest BCUT2D eigenvalue weighted by Gasteiger charge is -2.21. The highest BCUT2D eigenvalue weighted by molar-refractivity contribution is 5.74. The van der Waals surface area contributed by atoms with E-state index in [-0.39, 0.29) is 6.04 Å². The lowest BCUT2D eigenvalue weighted by atomic mass is 10.1. The molecule has 1 aromatic carbocycles. The summed E-state index contributed by atoms with van der Waals surface area (Å²) in [5.41, 5.74) is 6.90. The van der Waals surface area contributed by atoms with Gasteiger partial charge in [-0.2, -0.15) is 0 Å². The van der Waals surface area contributed by atoms with E-state index < -0.39 is 12.0 Å². The maximum atomic E-state index is 11.2. The number of hydrogen-bond donors (Lipinski definition) is 2. The Morgan fingerprint density at radius 1 is 1.58 bits per heavy atom. The van der Waals surface area contributed by atoms with Gasteiger partial charge in [0.15, 0.2) is 0 Å². The number of ether oxygens (including phenoxy) is 1. The number of rotatable bonds is 5. The Labute approximate surface area is 113 Å². The van der Waals surface area contributed by atoms with Crippen LogP contribution >= 0.6 is 0 Å². The van der Waals surface area contributed by atoms with E-state index in [4.69, 9.17) is 10.5 Å². The number of benzene rings is 1. The van der Waals surface area contributed by atoms with Crippen LogP contribution in [-0.4, -0.2) is 41.2 Å². The number of nitrogens with zero attached hydrogens (tertiary/aromatic N) is 1. The monoisotopic (exact) mass is 264 g/mol. The summed E-state index contributed by atoms with van der Waals surface area (Å²) in [6.07, 6.45) is 0.514. The minimum absolute atomic E-state index is 0.0591. The average molecular weight is 264 g/mol. The van der Waals surface area contributed by atoms with Crippen LogP contribution in [0.3, 0.4) is 0 Å². The van der Waals surface area contributed by atoms with Gasteiger partial charge < -0.3 is 15.6 Å². The van der Waals surface area contributed by atoms with Gasteiger partial charge in [0, 0.05) is 19.1 Å². The molecule has 0 spiro atoms. The van der Waals surface area contributed by atoms with Crippen molar-refractivity contribution in [2.45, 2.75) is 32.0 Å². The van der Waals surface area contributed by atoms with Crippen molar-refractivity contribution in [1.82, 2.24) is 4.90 Å². The molecule has 0 aromatic heterocycles. The predicted molar refractivity (Wildman–Crippen MR) is 72.0 cm³/mol. The third-order valence-corrected chi connectivity index (χ3v) is 3.32. The number of likely N-dealkylation sites (tertiary alicyclic amines) is 1. The van der Waals surface area contributed by atoms with Gasteiger partial charge in [-0.15, -0.1) is 0 Å². The second-order valence-corrected chi connectivity index (χ2v) is 4.86. The van der Waals surface area contributed by atoms with Crippen LogP contribution < -0.4 is 10.5 Å². The van der Waals surface area contributed by atoms with Gasteiger partial charge in [0.05, 0.1) is 6.61 Å². The maximum Gasteiger partial charge on any atom is 0.320 e. The molecule has 1 saturated heterocycles. The summed E-state index contributed by atoms with van der Waals surface area (Å²) in [5, 5.41) is 9.20. The van der Waals surface area contributed by atoms with Crippen LogP contribution in [0, 0.1) is 0 Å². The minimum atomic E-state index is -0.797. The molecule has 5 heteroatoms. The summed E-state index contributed by atoms with van der Waals surface area (Å²) in [4.78, 5) is 13.1. The zero-order valence-corrected chi connectivity index (χ0v) is 11.1. The van der Waals surface area contributed by atoms with Gasteiger partial charge in [-0.05, 0) is 31.0 Å². The van der Waals surface area contributed by atoms with Crippen LogP contribution in [0.2, 0.25) is 0 Å². The fourth-order valence-corrected chi connectivity index (χ4v) is 2.51. The normalized spacial score (nSPS) is 23.5. The number of carboxylic acids is 1. The Hall–Kier alpha value is -1.59. The first-order valence-corrected chi connectivity index (χ1v) is 6.54. The van der Waals surface area contributed by atoms with Crippen molar-refractivity contribution in [3.63, 3.8) is 0 Å². The Bertz CT molecular complexity index is 450. The first-order valence-electron chi connectivity index (χ1n) is 6.54. The Balaban J connectivity index is 2.07. The number of nitrogens with two attached hydrogens (primary N) is 1. The fourth-order valence-electron chi connectivity index (χ4n) is 2.51. The molecule has 2 atom stereocenters. The summed E-state index contributed by atoms with van der Waals surface area (Å²) in [6, 6.07) is 7.21. The zero-order chi connectivity index (χ0) is 13.8. The highest BCUT2D eigenvalue weighted by Crippen LogP contribution is 2.21. The number of aliphatic carboxylic acids is 1. The molecule has 1 aromatic rings. The lowest BCUT2D eigenvalue weighted by Crippen LogP contribution is -2.35. The van der Waals surface area contributed by atoms with Crippen molar-refractivity contribution in [3.8, 4) is 5.75 Å². The molecule has 2 unspecified atom stereocenters. The molecule has 2 rings (SSSR count). The molecule has 1 aliphatic rings. The molecule has 5 nitrogen and oxygen atoms in total. The van der Waals surface area contributed by atoms with Gasteiger partial charge in [0.25, 0.3) is 0 Å². The molecule has 0 bridgehead atoms. The Morgan fingerprint density at radius 2 is 2.37 bits per heavy atom. The standard InChI is InChI=1S/C14H20N2O3/c1-2-19-12-5-3-4-10(6-12)8-16-9-11(15)7-13(16)14(17)18/h3-6,11,13H,2,7-9,15H2,1H3,(H,17,18). The van der Waals surface area contributed by atoms with E-state index in [9.17, 15) is 9.90 Å². The molecule has 1 fully saturated rings. The molecule has 3 N–H and O–H groups in total. The molecule has 0 amide bonds. The highest BCUT2D eigenvalue weighted by atomic mass is 16.5. The lowest BCUT2D eigenvalue weighted by molar-refractivity contribution is -0.142. The van der Waals surface area contributed by atoms with Crippen molar-refractivity contribution in [1.29, 1.82) is 0 Å². The second-order valence-electron chi connectivity index (χ2n) is 4.86. The van der Waals surface area contributed by atoms with E-state index in [0.717, 1.165) is 11.3 Å². The van der Waals surface area contributed by atoms with Gasteiger partial charge in [0.1, 0.15) is 11.8 Å². The predicted octanol–water partition coefficient (Wildman–Crippen LogP) is 1.07. The van der Waals surface area contributed by atoms with Crippen LogP contribution in [0.5, 0.6) is 5.75 Å². The van der Waals surface area contributed by atoms with Crippen molar-refractivity contribution >= 4 is 5.97 Å². The molecule has 104 valence electrons. The fraction of sp³-hybridized carbons (Fsp3) is 0.500. The molecular formula is C14H20N2O3. The summed E-state index contributed by atoms with van der Waals surface area (Å²) in [6.45, 7) is 3.77. The Morgan fingerprint density at radius 3 is 3.05 bits per heavy atom. The van der Waals surface area contributed by atoms with E-state index >= 15 is 0 Å². The van der Waals surface area contributed by atoms with E-state index in [2.05, 4.69) is 0 Å². The topological polar surface area (TPSA) is 75.8 Å². The molecule has 0 aliphatic carbocycles. The van der Waals surface area contributed by atoms with Gasteiger partial charge in [-0.3, -0.25) is 9.69 Å². The van der Waals surface area contributed by atoms with Crippen LogP contribution in [0.15, 0.2) is 24.3 Å².